The van der Waals surface area contributed by atoms with Gasteiger partial charge in [-0.3, -0.25) is 18.6 Å². The van der Waals surface area contributed by atoms with E-state index in [0.29, 0.717) is 12.8 Å². The Balaban J connectivity index is 4.40. The molecule has 0 heterocycles. The molecule has 0 radical (unpaired) electrons. The van der Waals surface area contributed by atoms with Crippen LogP contribution in [-0.2, 0) is 32.7 Å². The number of unbranched alkanes of at least 4 members (excludes halogenated alkanes) is 11. The third-order valence-corrected chi connectivity index (χ3v) is 9.48. The van der Waals surface area contributed by atoms with E-state index < -0.39 is 51.8 Å². The lowest BCUT2D eigenvalue weighted by Gasteiger charge is -2.20. The van der Waals surface area contributed by atoms with Gasteiger partial charge in [-0.05, 0) is 89.9 Å². The molecular formula is C46H77O10P. The summed E-state index contributed by atoms with van der Waals surface area (Å²) in [4.78, 5) is 35.0. The van der Waals surface area contributed by atoms with Crippen LogP contribution in [0.25, 0.3) is 0 Å². The summed E-state index contributed by atoms with van der Waals surface area (Å²) < 4.78 is 32.7. The lowest BCUT2D eigenvalue weighted by molar-refractivity contribution is -0.161. The first-order valence-electron chi connectivity index (χ1n) is 21.5. The fourth-order valence-corrected chi connectivity index (χ4v) is 6.01. The Kier molecular flexibility index (Phi) is 39.2. The van der Waals surface area contributed by atoms with E-state index in [2.05, 4.69) is 103 Å². The van der Waals surface area contributed by atoms with Crippen LogP contribution < -0.4 is 0 Å². The third-order valence-electron chi connectivity index (χ3n) is 8.53. The molecule has 0 bridgehead atoms. The van der Waals surface area contributed by atoms with Crippen molar-refractivity contribution in [1.29, 1.82) is 0 Å². The SMILES string of the molecule is CC/C=C\C/C=C\C/C=C\C/C=C\C/C=C\CCCCCC(=O)OC[C@H](COP(=O)(O)OC[C@@H](O)CO)OC(=O)CCCCCCC/C=C\C/C=C\CCCCC. The molecule has 0 aliphatic carbocycles. The number of aliphatic hydroxyl groups is 2. The average molecular weight is 821 g/mol. The number of rotatable bonds is 39. The van der Waals surface area contributed by atoms with Crippen LogP contribution in [-0.4, -0.2) is 65.7 Å². The summed E-state index contributed by atoms with van der Waals surface area (Å²) >= 11 is 0. The van der Waals surface area contributed by atoms with E-state index in [1.807, 2.05) is 0 Å². The highest BCUT2D eigenvalue weighted by atomic mass is 31.2. The standard InChI is InChI=1S/C46H77O10P/c1-3-5-7-9-11-13-15-17-19-20-21-22-24-25-27-29-31-33-35-37-45(49)53-41-44(42-55-57(51,52)54-40-43(48)39-47)56-46(50)38-36-34-32-30-28-26-23-18-16-14-12-10-8-6-4-2/h5,7,11-14,17-19,21-23,25,27,43-44,47-48H,3-4,6,8-10,15-16,20,24,26,28-42H2,1-2H3,(H,51,52)/b7-5-,13-11-,14-12-,19-17-,22-21-,23-18-,27-25-/t43-,44+/m0/s1. The molecule has 0 spiro atoms. The maximum atomic E-state index is 12.6. The molecule has 0 saturated heterocycles. The minimum Gasteiger partial charge on any atom is -0.462 e. The highest BCUT2D eigenvalue weighted by Crippen LogP contribution is 2.43. The highest BCUT2D eigenvalue weighted by Gasteiger charge is 2.27. The molecule has 11 heteroatoms. The molecule has 0 saturated carbocycles. The van der Waals surface area contributed by atoms with Gasteiger partial charge in [0, 0.05) is 12.8 Å². The molecule has 0 aromatic heterocycles. The first kappa shape index (κ1) is 54.2. The van der Waals surface area contributed by atoms with Gasteiger partial charge < -0.3 is 24.6 Å². The number of ether oxygens (including phenoxy) is 2. The molecular weight excluding hydrogens is 743 g/mol. The predicted octanol–water partition coefficient (Wildman–Crippen LogP) is 11.4. The van der Waals surface area contributed by atoms with Gasteiger partial charge >= 0.3 is 19.8 Å². The second-order valence-electron chi connectivity index (χ2n) is 14.0. The van der Waals surface area contributed by atoms with Gasteiger partial charge in [-0.15, -0.1) is 0 Å². The Morgan fingerprint density at radius 3 is 1.47 bits per heavy atom. The van der Waals surface area contributed by atoms with Crippen molar-refractivity contribution < 1.29 is 47.8 Å². The zero-order valence-electron chi connectivity index (χ0n) is 35.3. The zero-order chi connectivity index (χ0) is 41.9. The van der Waals surface area contributed by atoms with Crippen molar-refractivity contribution in [3.8, 4) is 0 Å². The summed E-state index contributed by atoms with van der Waals surface area (Å²) in [5.41, 5.74) is 0. The van der Waals surface area contributed by atoms with Crippen LogP contribution in [0.15, 0.2) is 85.1 Å². The topological polar surface area (TPSA) is 149 Å². The van der Waals surface area contributed by atoms with Crippen LogP contribution in [0.5, 0.6) is 0 Å². The van der Waals surface area contributed by atoms with Gasteiger partial charge in [0.1, 0.15) is 12.7 Å². The number of aliphatic hydroxyl groups excluding tert-OH is 2. The van der Waals surface area contributed by atoms with Crippen molar-refractivity contribution in [2.75, 3.05) is 26.4 Å². The van der Waals surface area contributed by atoms with Crippen LogP contribution in [0, 0.1) is 0 Å². The molecule has 10 nitrogen and oxygen atoms in total. The number of phosphoric acid groups is 1. The van der Waals surface area contributed by atoms with Crippen LogP contribution in [0.4, 0.5) is 0 Å². The molecule has 1 unspecified atom stereocenters. The van der Waals surface area contributed by atoms with Gasteiger partial charge in [0.05, 0.1) is 19.8 Å². The summed E-state index contributed by atoms with van der Waals surface area (Å²) in [6, 6.07) is 0. The molecule has 0 aromatic carbocycles. The molecule has 57 heavy (non-hydrogen) atoms. The lowest BCUT2D eigenvalue weighted by atomic mass is 10.1. The maximum absolute atomic E-state index is 12.6. The second-order valence-corrected chi connectivity index (χ2v) is 15.4. The number of hydrogen-bond donors (Lipinski definition) is 3. The summed E-state index contributed by atoms with van der Waals surface area (Å²) in [6.45, 7) is 2.16. The van der Waals surface area contributed by atoms with Crippen molar-refractivity contribution in [3.05, 3.63) is 85.1 Å². The van der Waals surface area contributed by atoms with Crippen molar-refractivity contribution in [1.82, 2.24) is 0 Å². The van der Waals surface area contributed by atoms with Crippen LogP contribution in [0.3, 0.4) is 0 Å². The number of carbonyl (C=O) groups excluding carboxylic acids is 2. The van der Waals surface area contributed by atoms with Gasteiger partial charge in [0.15, 0.2) is 6.10 Å². The van der Waals surface area contributed by atoms with Crippen LogP contribution in [0.2, 0.25) is 0 Å². The summed E-state index contributed by atoms with van der Waals surface area (Å²) in [7, 11) is -4.63. The molecule has 0 rings (SSSR count). The van der Waals surface area contributed by atoms with Gasteiger partial charge in [-0.1, -0.05) is 137 Å². The molecule has 0 fully saturated rings. The predicted molar refractivity (Wildman–Crippen MR) is 233 cm³/mol. The van der Waals surface area contributed by atoms with E-state index in [1.54, 1.807) is 0 Å². The van der Waals surface area contributed by atoms with Crippen molar-refractivity contribution >= 4 is 19.8 Å². The molecule has 326 valence electrons. The van der Waals surface area contributed by atoms with Gasteiger partial charge in [-0.2, -0.15) is 0 Å². The largest absolute Gasteiger partial charge is 0.472 e. The average Bonchev–Trinajstić information content (AvgIpc) is 3.20. The minimum absolute atomic E-state index is 0.156. The van der Waals surface area contributed by atoms with E-state index in [4.69, 9.17) is 19.1 Å². The van der Waals surface area contributed by atoms with E-state index in [9.17, 15) is 24.2 Å². The van der Waals surface area contributed by atoms with Crippen molar-refractivity contribution in [2.45, 2.75) is 167 Å². The number of phosphoric ester groups is 1. The van der Waals surface area contributed by atoms with E-state index in [1.165, 1.54) is 19.3 Å². The third kappa shape index (κ3) is 41.1. The number of esters is 2. The zero-order valence-corrected chi connectivity index (χ0v) is 36.2. The molecule has 0 aliphatic heterocycles. The lowest BCUT2D eigenvalue weighted by Crippen LogP contribution is -2.29. The van der Waals surface area contributed by atoms with E-state index >= 15 is 0 Å². The van der Waals surface area contributed by atoms with E-state index in [-0.39, 0.29) is 19.4 Å². The monoisotopic (exact) mass is 821 g/mol. The molecule has 0 amide bonds. The van der Waals surface area contributed by atoms with Gasteiger partial charge in [0.2, 0.25) is 0 Å². The van der Waals surface area contributed by atoms with Crippen LogP contribution >= 0.6 is 7.82 Å². The normalized spacial score (nSPS) is 14.7. The number of allylic oxidation sites excluding steroid dienone is 14. The first-order valence-corrected chi connectivity index (χ1v) is 23.0. The first-order chi connectivity index (χ1) is 27.7. The number of carbonyl (C=O) groups is 2. The van der Waals surface area contributed by atoms with Crippen LogP contribution in [0.1, 0.15) is 155 Å². The fourth-order valence-electron chi connectivity index (χ4n) is 5.22. The minimum atomic E-state index is -4.63. The summed E-state index contributed by atoms with van der Waals surface area (Å²) in [6.07, 6.45) is 48.3. The highest BCUT2D eigenvalue weighted by molar-refractivity contribution is 7.47. The molecule has 3 N–H and O–H groups in total. The number of hydrogen-bond acceptors (Lipinski definition) is 9. The van der Waals surface area contributed by atoms with Crippen molar-refractivity contribution in [3.63, 3.8) is 0 Å². The molecule has 0 aliphatic rings. The summed E-state index contributed by atoms with van der Waals surface area (Å²) in [5, 5.41) is 18.3. The van der Waals surface area contributed by atoms with Crippen molar-refractivity contribution in [2.24, 2.45) is 0 Å². The van der Waals surface area contributed by atoms with Gasteiger partial charge in [0.25, 0.3) is 0 Å². The maximum Gasteiger partial charge on any atom is 0.472 e. The fraction of sp³-hybridized carbons (Fsp3) is 0.652. The molecule has 3 atom stereocenters. The Bertz CT molecular complexity index is 1220. The Morgan fingerprint density at radius 2 is 0.965 bits per heavy atom. The van der Waals surface area contributed by atoms with Gasteiger partial charge in [-0.25, -0.2) is 4.57 Å². The second kappa shape index (κ2) is 41.3. The van der Waals surface area contributed by atoms with E-state index in [0.717, 1.165) is 96.3 Å². The summed E-state index contributed by atoms with van der Waals surface area (Å²) in [5.74, 6) is -0.987. The Labute approximate surface area is 345 Å². The Hall–Kier alpha value is -2.85. The smallest absolute Gasteiger partial charge is 0.462 e. The molecule has 0 aromatic rings. The quantitative estimate of drug-likeness (QED) is 0.0237. The Morgan fingerprint density at radius 1 is 0.544 bits per heavy atom.